The molecule has 4 heteroatoms. The van der Waals surface area contributed by atoms with E-state index in [0.29, 0.717) is 0 Å². The van der Waals surface area contributed by atoms with E-state index in [1.807, 2.05) is 31.7 Å². The van der Waals surface area contributed by atoms with Crippen LogP contribution < -0.4 is 5.32 Å². The molecule has 0 aliphatic carbocycles. The predicted molar refractivity (Wildman–Crippen MR) is 72.1 cm³/mol. The van der Waals surface area contributed by atoms with E-state index in [-0.39, 0.29) is 0 Å². The molecule has 0 spiro atoms. The van der Waals surface area contributed by atoms with Crippen molar-refractivity contribution in [2.24, 2.45) is 0 Å². The van der Waals surface area contributed by atoms with Crippen molar-refractivity contribution in [3.8, 4) is 0 Å². The van der Waals surface area contributed by atoms with Crippen molar-refractivity contribution in [2.75, 3.05) is 6.54 Å². The van der Waals surface area contributed by atoms with Crippen LogP contribution in [0.15, 0.2) is 36.9 Å². The smallest absolute Gasteiger partial charge is 0.0945 e. The second-order valence-corrected chi connectivity index (χ2v) is 4.45. The van der Waals surface area contributed by atoms with Crippen LogP contribution in [0, 0.1) is 6.92 Å². The number of pyridine rings is 1. The Hall–Kier alpha value is -1.68. The maximum Gasteiger partial charge on any atom is 0.0945 e. The van der Waals surface area contributed by atoms with Crippen LogP contribution in [-0.2, 0) is 13.1 Å². The summed E-state index contributed by atoms with van der Waals surface area (Å²) >= 11 is 0. The summed E-state index contributed by atoms with van der Waals surface area (Å²) in [4.78, 5) is 8.48. The van der Waals surface area contributed by atoms with Gasteiger partial charge in [-0.05, 0) is 38.4 Å². The monoisotopic (exact) mass is 244 g/mol. The quantitative estimate of drug-likeness (QED) is 0.759. The lowest BCUT2D eigenvalue weighted by atomic mass is 10.3. The molecule has 0 aliphatic rings. The van der Waals surface area contributed by atoms with E-state index >= 15 is 0 Å². The van der Waals surface area contributed by atoms with Gasteiger partial charge in [-0.25, -0.2) is 4.98 Å². The second kappa shape index (κ2) is 6.91. The van der Waals surface area contributed by atoms with E-state index in [9.17, 15) is 0 Å². The third kappa shape index (κ3) is 4.30. The first-order chi connectivity index (χ1) is 8.84. The Bertz CT molecular complexity index is 451. The molecule has 2 aromatic rings. The predicted octanol–water partition coefficient (Wildman–Crippen LogP) is 2.16. The lowest BCUT2D eigenvalue weighted by molar-refractivity contribution is 0.565. The molecule has 0 saturated heterocycles. The highest BCUT2D eigenvalue weighted by Crippen LogP contribution is 1.98. The highest BCUT2D eigenvalue weighted by molar-refractivity contribution is 5.09. The van der Waals surface area contributed by atoms with Crippen molar-refractivity contribution < 1.29 is 0 Å². The Labute approximate surface area is 108 Å². The molecule has 0 aromatic carbocycles. The van der Waals surface area contributed by atoms with Crippen molar-refractivity contribution >= 4 is 0 Å². The minimum absolute atomic E-state index is 0.854. The van der Waals surface area contributed by atoms with Crippen LogP contribution in [0.25, 0.3) is 0 Å². The Morgan fingerprint density at radius 1 is 1.28 bits per heavy atom. The van der Waals surface area contributed by atoms with Crippen LogP contribution in [0.2, 0.25) is 0 Å². The van der Waals surface area contributed by atoms with Crippen LogP contribution >= 0.6 is 0 Å². The number of aryl methyl sites for hydroxylation is 2. The molecular weight excluding hydrogens is 224 g/mol. The van der Waals surface area contributed by atoms with Crippen molar-refractivity contribution in [2.45, 2.75) is 32.9 Å². The molecule has 0 amide bonds. The minimum Gasteiger partial charge on any atom is -0.337 e. The average molecular weight is 244 g/mol. The summed E-state index contributed by atoms with van der Waals surface area (Å²) < 4.78 is 2.11. The standard InChI is InChI=1S/C14H20N4/c1-13-5-4-6-14(17-13)11-15-7-2-3-9-18-10-8-16-12-18/h4-6,8,10,12,15H,2-3,7,9,11H2,1H3. The molecule has 0 fully saturated rings. The first kappa shape index (κ1) is 12.8. The van der Waals surface area contributed by atoms with Gasteiger partial charge in [0.05, 0.1) is 12.0 Å². The molecule has 2 heterocycles. The summed E-state index contributed by atoms with van der Waals surface area (Å²) in [6.07, 6.45) is 8.03. The summed E-state index contributed by atoms with van der Waals surface area (Å²) in [5, 5.41) is 3.42. The van der Waals surface area contributed by atoms with Gasteiger partial charge < -0.3 is 9.88 Å². The molecule has 4 nitrogen and oxygen atoms in total. The van der Waals surface area contributed by atoms with E-state index in [1.165, 1.54) is 12.8 Å². The summed E-state index contributed by atoms with van der Waals surface area (Å²) in [5.41, 5.74) is 2.19. The van der Waals surface area contributed by atoms with Crippen LogP contribution in [-0.4, -0.2) is 21.1 Å². The van der Waals surface area contributed by atoms with Gasteiger partial charge in [0, 0.05) is 31.2 Å². The number of nitrogens with zero attached hydrogens (tertiary/aromatic N) is 3. The molecule has 0 atom stereocenters. The van der Waals surface area contributed by atoms with E-state index in [2.05, 4.69) is 32.0 Å². The number of imidazole rings is 1. The van der Waals surface area contributed by atoms with Gasteiger partial charge in [0.2, 0.25) is 0 Å². The molecule has 0 radical (unpaired) electrons. The number of unbranched alkanes of at least 4 members (excludes halogenated alkanes) is 1. The molecule has 0 unspecified atom stereocenters. The molecule has 0 saturated carbocycles. The Balaban J connectivity index is 1.56. The van der Waals surface area contributed by atoms with Gasteiger partial charge in [-0.3, -0.25) is 4.98 Å². The molecule has 0 aliphatic heterocycles. The molecule has 96 valence electrons. The van der Waals surface area contributed by atoms with Crippen LogP contribution in [0.5, 0.6) is 0 Å². The third-order valence-corrected chi connectivity index (χ3v) is 2.83. The van der Waals surface area contributed by atoms with Crippen molar-refractivity contribution in [3.05, 3.63) is 48.3 Å². The zero-order chi connectivity index (χ0) is 12.6. The van der Waals surface area contributed by atoms with E-state index in [1.54, 1.807) is 0 Å². The van der Waals surface area contributed by atoms with Gasteiger partial charge in [-0.1, -0.05) is 6.07 Å². The minimum atomic E-state index is 0.854. The van der Waals surface area contributed by atoms with Crippen LogP contribution in [0.1, 0.15) is 24.2 Å². The fourth-order valence-corrected chi connectivity index (χ4v) is 1.88. The normalized spacial score (nSPS) is 10.7. The lowest BCUT2D eigenvalue weighted by Crippen LogP contribution is -2.16. The second-order valence-electron chi connectivity index (χ2n) is 4.45. The third-order valence-electron chi connectivity index (χ3n) is 2.83. The first-order valence-electron chi connectivity index (χ1n) is 6.43. The van der Waals surface area contributed by atoms with E-state index in [4.69, 9.17) is 0 Å². The highest BCUT2D eigenvalue weighted by atomic mass is 15.0. The van der Waals surface area contributed by atoms with Gasteiger partial charge in [-0.15, -0.1) is 0 Å². The van der Waals surface area contributed by atoms with Crippen molar-refractivity contribution in [1.29, 1.82) is 0 Å². The molecule has 0 bridgehead atoms. The summed E-state index contributed by atoms with van der Waals surface area (Å²) in [6.45, 7) is 4.95. The number of hydrogen-bond donors (Lipinski definition) is 1. The molecule has 1 N–H and O–H groups in total. The average Bonchev–Trinajstić information content (AvgIpc) is 2.87. The maximum absolute atomic E-state index is 4.46. The summed E-state index contributed by atoms with van der Waals surface area (Å²) in [7, 11) is 0. The Morgan fingerprint density at radius 3 is 3.00 bits per heavy atom. The zero-order valence-electron chi connectivity index (χ0n) is 10.8. The number of rotatable bonds is 7. The number of aromatic nitrogens is 3. The SMILES string of the molecule is Cc1cccc(CNCCCCn2ccnc2)n1. The maximum atomic E-state index is 4.46. The van der Waals surface area contributed by atoms with E-state index in [0.717, 1.165) is 31.0 Å². The number of nitrogens with one attached hydrogen (secondary N) is 1. The summed E-state index contributed by atoms with van der Waals surface area (Å²) in [6, 6.07) is 6.14. The number of hydrogen-bond acceptors (Lipinski definition) is 3. The molecule has 18 heavy (non-hydrogen) atoms. The van der Waals surface area contributed by atoms with Gasteiger partial charge in [0.15, 0.2) is 0 Å². The zero-order valence-corrected chi connectivity index (χ0v) is 10.8. The fraction of sp³-hybridized carbons (Fsp3) is 0.429. The van der Waals surface area contributed by atoms with Crippen molar-refractivity contribution in [1.82, 2.24) is 19.9 Å². The Morgan fingerprint density at radius 2 is 2.22 bits per heavy atom. The van der Waals surface area contributed by atoms with E-state index < -0.39 is 0 Å². The van der Waals surface area contributed by atoms with Gasteiger partial charge >= 0.3 is 0 Å². The molecular formula is C14H20N4. The first-order valence-corrected chi connectivity index (χ1v) is 6.43. The molecule has 2 aromatic heterocycles. The largest absolute Gasteiger partial charge is 0.337 e. The molecule has 2 rings (SSSR count). The Kier molecular flexibility index (Phi) is 4.90. The lowest BCUT2D eigenvalue weighted by Gasteiger charge is -2.05. The summed E-state index contributed by atoms with van der Waals surface area (Å²) in [5.74, 6) is 0. The van der Waals surface area contributed by atoms with Gasteiger partial charge in [0.1, 0.15) is 0 Å². The topological polar surface area (TPSA) is 42.7 Å². The van der Waals surface area contributed by atoms with Crippen LogP contribution in [0.3, 0.4) is 0 Å². The fourth-order valence-electron chi connectivity index (χ4n) is 1.88. The van der Waals surface area contributed by atoms with Crippen LogP contribution in [0.4, 0.5) is 0 Å². The van der Waals surface area contributed by atoms with Crippen molar-refractivity contribution in [3.63, 3.8) is 0 Å². The highest BCUT2D eigenvalue weighted by Gasteiger charge is 1.95. The van der Waals surface area contributed by atoms with Gasteiger partial charge in [-0.2, -0.15) is 0 Å². The van der Waals surface area contributed by atoms with Gasteiger partial charge in [0.25, 0.3) is 0 Å².